The summed E-state index contributed by atoms with van der Waals surface area (Å²) in [6.07, 6.45) is 0. The quantitative estimate of drug-likeness (QED) is 0.387. The maximum Gasteiger partial charge on any atom is 0.300 e. The lowest BCUT2D eigenvalue weighted by Gasteiger charge is -2.38. The zero-order valence-electron chi connectivity index (χ0n) is 6.56. The van der Waals surface area contributed by atoms with Crippen LogP contribution in [0.1, 0.15) is 0 Å². The van der Waals surface area contributed by atoms with Crippen molar-refractivity contribution in [2.45, 2.75) is 4.58 Å². The van der Waals surface area contributed by atoms with Gasteiger partial charge in [0.25, 0.3) is 0 Å². The highest BCUT2D eigenvalue weighted by molar-refractivity contribution is 6.67. The lowest BCUT2D eigenvalue weighted by atomic mass is 10.4. The number of rotatable bonds is 0. The van der Waals surface area contributed by atoms with E-state index < -0.39 is 4.58 Å². The van der Waals surface area contributed by atoms with E-state index in [1.807, 2.05) is 0 Å². The average Bonchev–Trinajstić information content (AvgIpc) is 2.55. The molecule has 0 fully saturated rings. The van der Waals surface area contributed by atoms with E-state index in [4.69, 9.17) is 70.0 Å². The van der Waals surface area contributed by atoms with Gasteiger partial charge in [-0.05, 0) is 11.6 Å². The van der Waals surface area contributed by atoms with Gasteiger partial charge in [-0.25, -0.2) is 13.8 Å². The van der Waals surface area contributed by atoms with Gasteiger partial charge in [-0.3, -0.25) is 0 Å². The van der Waals surface area contributed by atoms with E-state index in [1.165, 1.54) is 0 Å². The third-order valence-electron chi connectivity index (χ3n) is 1.64. The number of aliphatic imine (C=N–C) groups is 2. The third kappa shape index (κ3) is 1.68. The molecule has 0 N–H and O–H groups in total. The van der Waals surface area contributed by atoms with E-state index in [1.54, 1.807) is 0 Å². The van der Waals surface area contributed by atoms with Gasteiger partial charge in [-0.1, -0.05) is 34.8 Å². The Balaban J connectivity index is 2.59. The molecule has 0 spiro atoms. The molecule has 0 aromatic heterocycles. The van der Waals surface area contributed by atoms with Crippen molar-refractivity contribution < 1.29 is 0 Å². The Labute approximate surface area is 115 Å². The van der Waals surface area contributed by atoms with E-state index in [-0.39, 0.29) is 22.0 Å². The third-order valence-corrected chi connectivity index (χ3v) is 4.08. The molecular weight excluding hydrogens is 329 g/mol. The van der Waals surface area contributed by atoms with Crippen molar-refractivity contribution in [3.8, 4) is 0 Å². The molecule has 0 aromatic carbocycles. The maximum atomic E-state index is 5.86. The van der Waals surface area contributed by atoms with Gasteiger partial charge in [-0.15, -0.1) is 0 Å². The maximum absolute atomic E-state index is 5.86. The number of hydrogen-bond acceptors (Lipinski definition) is 4. The lowest BCUT2D eigenvalue weighted by molar-refractivity contribution is 0.342. The summed E-state index contributed by atoms with van der Waals surface area (Å²) in [6.45, 7) is 0. The Kier molecular flexibility index (Phi) is 2.95. The van der Waals surface area contributed by atoms with Crippen molar-refractivity contribution in [1.29, 1.82) is 0 Å². The van der Waals surface area contributed by atoms with Crippen molar-refractivity contribution in [2.24, 2.45) is 9.98 Å². The molecular formula is C5Cl6N4. The molecule has 0 amide bonds. The van der Waals surface area contributed by atoms with E-state index in [9.17, 15) is 0 Å². The molecule has 15 heavy (non-hydrogen) atoms. The normalized spacial score (nSPS) is 24.1. The Hall–Kier alpha value is 0.420. The molecule has 0 saturated carbocycles. The summed E-state index contributed by atoms with van der Waals surface area (Å²) in [7, 11) is 0. The van der Waals surface area contributed by atoms with Crippen molar-refractivity contribution in [1.82, 2.24) is 8.84 Å². The van der Waals surface area contributed by atoms with Crippen LogP contribution < -0.4 is 0 Å². The van der Waals surface area contributed by atoms with Crippen molar-refractivity contribution in [3.05, 3.63) is 10.9 Å². The number of alkyl halides is 2. The number of nitrogens with zero attached hydrogens (tertiary/aromatic N) is 4. The molecule has 4 nitrogen and oxygen atoms in total. The summed E-state index contributed by atoms with van der Waals surface area (Å²) >= 11 is 34.7. The van der Waals surface area contributed by atoms with E-state index >= 15 is 0 Å². The van der Waals surface area contributed by atoms with E-state index in [0.717, 1.165) is 8.84 Å². The Bertz CT molecular complexity index is 412. The lowest BCUT2D eigenvalue weighted by Crippen LogP contribution is -2.50. The van der Waals surface area contributed by atoms with Gasteiger partial charge in [0.05, 0.1) is 0 Å². The Morgan fingerprint density at radius 2 is 1.60 bits per heavy atom. The van der Waals surface area contributed by atoms with E-state index in [2.05, 4.69) is 9.98 Å². The van der Waals surface area contributed by atoms with Crippen LogP contribution in [0.3, 0.4) is 0 Å². The van der Waals surface area contributed by atoms with Crippen LogP contribution in [-0.2, 0) is 0 Å². The predicted octanol–water partition coefficient (Wildman–Crippen LogP) is 3.42. The fourth-order valence-electron chi connectivity index (χ4n) is 0.998. The summed E-state index contributed by atoms with van der Waals surface area (Å²) in [5, 5.41) is -0.0344. The minimum Gasteiger partial charge on any atom is -0.218 e. The summed E-state index contributed by atoms with van der Waals surface area (Å²) in [5.74, 6) is 0.147. The number of amidine groups is 2. The second-order valence-electron chi connectivity index (χ2n) is 2.53. The highest BCUT2D eigenvalue weighted by Crippen LogP contribution is 2.45. The number of fused-ring (bicyclic) bond motifs is 1. The van der Waals surface area contributed by atoms with Gasteiger partial charge in [0.1, 0.15) is 5.70 Å². The van der Waals surface area contributed by atoms with Crippen LogP contribution >= 0.6 is 70.0 Å². The minimum atomic E-state index is -1.76. The van der Waals surface area contributed by atoms with Crippen LogP contribution in [0.25, 0.3) is 0 Å². The summed E-state index contributed by atoms with van der Waals surface area (Å²) in [6, 6.07) is 0. The largest absolute Gasteiger partial charge is 0.300 e. The fourth-order valence-corrected chi connectivity index (χ4v) is 2.22. The molecule has 2 heterocycles. The van der Waals surface area contributed by atoms with Gasteiger partial charge in [0, 0.05) is 23.6 Å². The van der Waals surface area contributed by atoms with Crippen molar-refractivity contribution in [2.75, 3.05) is 0 Å². The SMILES string of the molecule is ClC1=NC2=C(Cl)N(Cl)C(Cl)(Cl)N(Cl)C2=N1. The predicted molar refractivity (Wildman–Crippen MR) is 63.4 cm³/mol. The smallest absolute Gasteiger partial charge is 0.218 e. The Morgan fingerprint density at radius 3 is 2.20 bits per heavy atom. The molecule has 0 aliphatic carbocycles. The van der Waals surface area contributed by atoms with Crippen LogP contribution in [0.15, 0.2) is 20.8 Å². The number of halogens is 6. The molecule has 2 rings (SSSR count). The van der Waals surface area contributed by atoms with Crippen molar-refractivity contribution in [3.63, 3.8) is 0 Å². The van der Waals surface area contributed by atoms with Crippen LogP contribution in [0.4, 0.5) is 0 Å². The molecule has 82 valence electrons. The molecule has 0 bridgehead atoms. The summed E-state index contributed by atoms with van der Waals surface area (Å²) < 4.78 is -0.0687. The summed E-state index contributed by atoms with van der Waals surface area (Å²) in [4.78, 5) is 7.62. The second kappa shape index (κ2) is 3.72. The standard InChI is InChI=1S/C5Cl6N4/c6-2-1-3(13-4(7)12-1)15(11)5(8,9)14(2)10. The Morgan fingerprint density at radius 1 is 1.00 bits per heavy atom. The number of hydrogen-bond donors (Lipinski definition) is 0. The highest BCUT2D eigenvalue weighted by atomic mass is 35.5. The first kappa shape index (κ1) is 11.9. The molecule has 0 atom stereocenters. The minimum absolute atomic E-state index is 0.00651. The summed E-state index contributed by atoms with van der Waals surface area (Å²) in [5.41, 5.74) is 0.212. The molecule has 10 heteroatoms. The van der Waals surface area contributed by atoms with Crippen LogP contribution in [0.5, 0.6) is 0 Å². The molecule has 2 aliphatic heterocycles. The molecule has 2 aliphatic rings. The van der Waals surface area contributed by atoms with Gasteiger partial charge in [-0.2, -0.15) is 4.99 Å². The van der Waals surface area contributed by atoms with Gasteiger partial charge in [0.15, 0.2) is 11.0 Å². The zero-order valence-corrected chi connectivity index (χ0v) is 11.1. The van der Waals surface area contributed by atoms with E-state index in [0.29, 0.717) is 0 Å². The van der Waals surface area contributed by atoms with Gasteiger partial charge >= 0.3 is 4.58 Å². The van der Waals surface area contributed by atoms with Crippen LogP contribution in [-0.4, -0.2) is 24.5 Å². The zero-order chi connectivity index (χ0) is 11.4. The second-order valence-corrected chi connectivity index (χ2v) is 5.15. The van der Waals surface area contributed by atoms with Crippen LogP contribution in [0, 0.1) is 0 Å². The van der Waals surface area contributed by atoms with Gasteiger partial charge in [0.2, 0.25) is 5.29 Å². The molecule has 0 saturated heterocycles. The fraction of sp³-hybridized carbons (Fsp3) is 0.200. The highest BCUT2D eigenvalue weighted by Gasteiger charge is 2.49. The first-order valence-electron chi connectivity index (χ1n) is 3.38. The first-order valence-corrected chi connectivity index (χ1v) is 5.57. The average molecular weight is 329 g/mol. The van der Waals surface area contributed by atoms with Crippen LogP contribution in [0.2, 0.25) is 0 Å². The van der Waals surface area contributed by atoms with Crippen molar-refractivity contribution >= 4 is 81.1 Å². The molecule has 0 unspecified atom stereocenters. The molecule has 0 radical (unpaired) electrons. The monoisotopic (exact) mass is 326 g/mol. The topological polar surface area (TPSA) is 31.2 Å². The first-order chi connectivity index (χ1) is 6.85. The van der Waals surface area contributed by atoms with Gasteiger partial charge < -0.3 is 0 Å². The molecule has 0 aromatic rings.